The molecule has 2 aromatic rings. The monoisotopic (exact) mass is 440 g/mol. The van der Waals surface area contributed by atoms with Crippen molar-refractivity contribution in [2.75, 3.05) is 62.0 Å². The smallest absolute Gasteiger partial charge is 0.239 e. The number of carbonyl (C=O) groups is 2. The van der Waals surface area contributed by atoms with Crippen LogP contribution < -0.4 is 15.5 Å². The van der Waals surface area contributed by atoms with Gasteiger partial charge in [0.05, 0.1) is 38.5 Å². The molecule has 0 unspecified atom stereocenters. The second-order valence-electron chi connectivity index (χ2n) is 8.51. The highest BCUT2D eigenvalue weighted by atomic mass is 16.5. The lowest BCUT2D eigenvalue weighted by Gasteiger charge is -2.28. The molecule has 2 heterocycles. The zero-order valence-corrected chi connectivity index (χ0v) is 18.6. The Morgan fingerprint density at radius 2 is 1.69 bits per heavy atom. The minimum Gasteiger partial charge on any atom is -0.378 e. The van der Waals surface area contributed by atoms with E-state index in [0.717, 1.165) is 56.3 Å². The summed E-state index contributed by atoms with van der Waals surface area (Å²) >= 11 is 0. The average Bonchev–Trinajstić information content (AvgIpc) is 3.46. The van der Waals surface area contributed by atoms with Crippen LogP contribution in [0.4, 0.5) is 17.2 Å². The molecular formula is C23H32N6O3. The molecule has 2 amide bonds. The third-order valence-electron chi connectivity index (χ3n) is 5.96. The number of nitrogens with one attached hydrogen (secondary N) is 2. The van der Waals surface area contributed by atoms with Crippen molar-refractivity contribution >= 4 is 29.0 Å². The Hall–Kier alpha value is -2.91. The van der Waals surface area contributed by atoms with E-state index in [9.17, 15) is 9.59 Å². The van der Waals surface area contributed by atoms with Crippen molar-refractivity contribution in [3.63, 3.8) is 0 Å². The van der Waals surface area contributed by atoms with Crippen molar-refractivity contribution in [2.24, 2.45) is 0 Å². The Morgan fingerprint density at radius 3 is 2.38 bits per heavy atom. The molecule has 1 saturated heterocycles. The molecule has 1 aliphatic heterocycles. The summed E-state index contributed by atoms with van der Waals surface area (Å²) in [4.78, 5) is 28.8. The van der Waals surface area contributed by atoms with Gasteiger partial charge in [0.15, 0.2) is 0 Å². The molecule has 0 radical (unpaired) electrons. The number of likely N-dealkylation sites (N-methyl/N-ethyl adjacent to an activating group) is 1. The number of rotatable bonds is 8. The fourth-order valence-corrected chi connectivity index (χ4v) is 4.36. The highest BCUT2D eigenvalue weighted by Crippen LogP contribution is 2.31. The lowest BCUT2D eigenvalue weighted by Crippen LogP contribution is -2.36. The maximum Gasteiger partial charge on any atom is 0.239 e. The minimum absolute atomic E-state index is 0.124. The number of amides is 2. The number of aromatic nitrogens is 2. The molecule has 1 aromatic carbocycles. The van der Waals surface area contributed by atoms with Crippen molar-refractivity contribution in [1.82, 2.24) is 14.7 Å². The summed E-state index contributed by atoms with van der Waals surface area (Å²) in [6, 6.07) is 10.00. The Bertz CT molecular complexity index is 901. The first kappa shape index (κ1) is 22.3. The van der Waals surface area contributed by atoms with E-state index in [1.807, 2.05) is 35.0 Å². The first-order chi connectivity index (χ1) is 15.6. The van der Waals surface area contributed by atoms with E-state index in [0.29, 0.717) is 6.04 Å². The zero-order valence-electron chi connectivity index (χ0n) is 18.6. The maximum atomic E-state index is 12.5. The number of ether oxygens (including phenoxy) is 1. The highest BCUT2D eigenvalue weighted by Gasteiger charge is 2.21. The van der Waals surface area contributed by atoms with Gasteiger partial charge in [-0.3, -0.25) is 14.5 Å². The minimum atomic E-state index is -0.157. The summed E-state index contributed by atoms with van der Waals surface area (Å²) in [5.74, 6) is 0.408. The van der Waals surface area contributed by atoms with Crippen LogP contribution in [0.1, 0.15) is 31.7 Å². The predicted octanol–water partition coefficient (Wildman–Crippen LogP) is 2.34. The molecule has 9 nitrogen and oxygen atoms in total. The second-order valence-corrected chi connectivity index (χ2v) is 8.51. The van der Waals surface area contributed by atoms with Crippen molar-refractivity contribution in [2.45, 2.75) is 31.7 Å². The standard InChI is InChI=1S/C23H32N6O3/c1-27(17-23(31)26-21-10-11-24-29(21)20-4-2-3-5-20)16-22(30)25-18-6-8-19(9-7-18)28-12-14-32-15-13-28/h6-11,20H,2-5,12-17H2,1H3,(H,25,30)(H,26,31). The van der Waals surface area contributed by atoms with Crippen LogP contribution in [0.3, 0.4) is 0 Å². The van der Waals surface area contributed by atoms with Gasteiger partial charge >= 0.3 is 0 Å². The Kier molecular flexibility index (Phi) is 7.39. The van der Waals surface area contributed by atoms with Crippen LogP contribution in [0.2, 0.25) is 0 Å². The van der Waals surface area contributed by atoms with Gasteiger partial charge in [0.1, 0.15) is 5.82 Å². The summed E-state index contributed by atoms with van der Waals surface area (Å²) in [5.41, 5.74) is 1.86. The summed E-state index contributed by atoms with van der Waals surface area (Å²) in [6.07, 6.45) is 6.31. The lowest BCUT2D eigenvalue weighted by atomic mass is 10.2. The van der Waals surface area contributed by atoms with Crippen LogP contribution in [0.5, 0.6) is 0 Å². The van der Waals surface area contributed by atoms with Crippen molar-refractivity contribution in [3.05, 3.63) is 36.5 Å². The van der Waals surface area contributed by atoms with Gasteiger partial charge in [0, 0.05) is 30.5 Å². The number of hydrogen-bond donors (Lipinski definition) is 2. The quantitative estimate of drug-likeness (QED) is 0.655. The summed E-state index contributed by atoms with van der Waals surface area (Å²) < 4.78 is 7.30. The van der Waals surface area contributed by atoms with E-state index in [1.54, 1.807) is 18.1 Å². The molecule has 2 aliphatic rings. The molecule has 4 rings (SSSR count). The van der Waals surface area contributed by atoms with E-state index in [2.05, 4.69) is 20.6 Å². The predicted molar refractivity (Wildman–Crippen MR) is 124 cm³/mol. The third-order valence-corrected chi connectivity index (χ3v) is 5.96. The van der Waals surface area contributed by atoms with E-state index in [4.69, 9.17) is 4.74 Å². The number of benzene rings is 1. The molecule has 1 aliphatic carbocycles. The van der Waals surface area contributed by atoms with Crippen molar-refractivity contribution < 1.29 is 14.3 Å². The molecule has 32 heavy (non-hydrogen) atoms. The second kappa shape index (κ2) is 10.6. The first-order valence-electron chi connectivity index (χ1n) is 11.3. The molecule has 0 bridgehead atoms. The van der Waals surface area contributed by atoms with Crippen LogP contribution in [0.15, 0.2) is 36.5 Å². The molecule has 2 N–H and O–H groups in total. The molecular weight excluding hydrogens is 408 g/mol. The number of hydrogen-bond acceptors (Lipinski definition) is 6. The number of anilines is 3. The highest BCUT2D eigenvalue weighted by molar-refractivity contribution is 5.94. The Labute approximate surface area is 188 Å². The van der Waals surface area contributed by atoms with Gasteiger partial charge in [-0.15, -0.1) is 0 Å². The number of nitrogens with zero attached hydrogens (tertiary/aromatic N) is 4. The average molecular weight is 441 g/mol. The first-order valence-corrected chi connectivity index (χ1v) is 11.3. The maximum absolute atomic E-state index is 12.5. The Balaban J connectivity index is 1.22. The molecule has 2 fully saturated rings. The fraction of sp³-hybridized carbons (Fsp3) is 0.522. The molecule has 0 spiro atoms. The van der Waals surface area contributed by atoms with E-state index < -0.39 is 0 Å². The molecule has 0 atom stereocenters. The fourth-order valence-electron chi connectivity index (χ4n) is 4.36. The normalized spacial score (nSPS) is 17.0. The summed E-state index contributed by atoms with van der Waals surface area (Å²) in [6.45, 7) is 3.47. The van der Waals surface area contributed by atoms with Crippen LogP contribution in [0.25, 0.3) is 0 Å². The number of carbonyl (C=O) groups excluding carboxylic acids is 2. The summed E-state index contributed by atoms with van der Waals surface area (Å²) in [7, 11) is 1.76. The number of morpholine rings is 1. The lowest BCUT2D eigenvalue weighted by molar-refractivity contribution is -0.119. The van der Waals surface area contributed by atoms with Gasteiger partial charge < -0.3 is 20.3 Å². The van der Waals surface area contributed by atoms with Gasteiger partial charge in [-0.25, -0.2) is 4.68 Å². The van der Waals surface area contributed by atoms with Gasteiger partial charge in [-0.1, -0.05) is 12.8 Å². The van der Waals surface area contributed by atoms with Gasteiger partial charge in [0.25, 0.3) is 0 Å². The molecule has 172 valence electrons. The third kappa shape index (κ3) is 5.86. The van der Waals surface area contributed by atoms with E-state index in [1.165, 1.54) is 12.8 Å². The largest absolute Gasteiger partial charge is 0.378 e. The van der Waals surface area contributed by atoms with E-state index in [-0.39, 0.29) is 24.9 Å². The molecule has 1 aromatic heterocycles. The van der Waals surface area contributed by atoms with Crippen molar-refractivity contribution in [3.8, 4) is 0 Å². The van der Waals surface area contributed by atoms with Gasteiger partial charge in [0.2, 0.25) is 11.8 Å². The van der Waals surface area contributed by atoms with E-state index >= 15 is 0 Å². The van der Waals surface area contributed by atoms with Crippen LogP contribution >= 0.6 is 0 Å². The molecule has 9 heteroatoms. The van der Waals surface area contributed by atoms with Crippen LogP contribution in [-0.4, -0.2) is 72.9 Å². The Morgan fingerprint density at radius 1 is 1.03 bits per heavy atom. The van der Waals surface area contributed by atoms with Gasteiger partial charge in [-0.05, 0) is 44.2 Å². The van der Waals surface area contributed by atoms with Crippen LogP contribution in [-0.2, 0) is 14.3 Å². The van der Waals surface area contributed by atoms with Crippen LogP contribution in [0, 0.1) is 0 Å². The van der Waals surface area contributed by atoms with Crippen molar-refractivity contribution in [1.29, 1.82) is 0 Å². The topological polar surface area (TPSA) is 91.7 Å². The summed E-state index contributed by atoms with van der Waals surface area (Å²) in [5, 5.41) is 10.2. The zero-order chi connectivity index (χ0) is 22.3. The molecule has 1 saturated carbocycles. The SMILES string of the molecule is CN(CC(=O)Nc1ccc(N2CCOCC2)cc1)CC(=O)Nc1ccnn1C1CCCC1. The van der Waals surface area contributed by atoms with Gasteiger partial charge in [-0.2, -0.15) is 5.10 Å².